The van der Waals surface area contributed by atoms with E-state index in [-0.39, 0.29) is 0 Å². The number of hydrogen-bond donors (Lipinski definition) is 2. The second kappa shape index (κ2) is 4.40. The summed E-state index contributed by atoms with van der Waals surface area (Å²) in [5, 5.41) is 12.5. The molecule has 2 aliphatic heterocycles. The molecule has 0 radical (unpaired) electrons. The van der Waals surface area contributed by atoms with Gasteiger partial charge in [0.2, 0.25) is 0 Å². The van der Waals surface area contributed by atoms with E-state index in [2.05, 4.69) is 10.2 Å². The number of likely N-dealkylation sites (tertiary alicyclic amines) is 1. The standard InChI is InChI=1S/C10H20N2O/c13-8-7-12-6-2-4-10(12)9-3-1-5-11-9/h9-11,13H,1-8H2. The average molecular weight is 184 g/mol. The summed E-state index contributed by atoms with van der Waals surface area (Å²) in [5.41, 5.74) is 0. The maximum atomic E-state index is 8.93. The van der Waals surface area contributed by atoms with Crippen LogP contribution in [0, 0.1) is 0 Å². The van der Waals surface area contributed by atoms with Gasteiger partial charge in [0.25, 0.3) is 0 Å². The Hall–Kier alpha value is -0.120. The summed E-state index contributed by atoms with van der Waals surface area (Å²) in [6.07, 6.45) is 5.28. The molecule has 0 aromatic rings. The van der Waals surface area contributed by atoms with Crippen molar-refractivity contribution in [3.63, 3.8) is 0 Å². The number of nitrogens with one attached hydrogen (secondary N) is 1. The molecule has 13 heavy (non-hydrogen) atoms. The molecule has 0 aromatic carbocycles. The van der Waals surface area contributed by atoms with Crippen LogP contribution in [0.5, 0.6) is 0 Å². The van der Waals surface area contributed by atoms with Crippen molar-refractivity contribution in [3.8, 4) is 0 Å². The molecule has 0 aliphatic carbocycles. The SMILES string of the molecule is OCCN1CCCC1C1CCCN1. The number of nitrogens with zero attached hydrogens (tertiary/aromatic N) is 1. The number of hydrogen-bond acceptors (Lipinski definition) is 3. The van der Waals surface area contributed by atoms with Gasteiger partial charge in [-0.3, -0.25) is 4.90 Å². The Morgan fingerprint density at radius 2 is 2.23 bits per heavy atom. The fraction of sp³-hybridized carbons (Fsp3) is 1.00. The van der Waals surface area contributed by atoms with E-state index in [0.717, 1.165) is 6.54 Å². The third-order valence-corrected chi connectivity index (χ3v) is 3.36. The van der Waals surface area contributed by atoms with Gasteiger partial charge in [0, 0.05) is 18.6 Å². The second-order valence-corrected chi connectivity index (χ2v) is 4.17. The normalized spacial score (nSPS) is 35.8. The molecule has 0 aromatic heterocycles. The van der Waals surface area contributed by atoms with Crippen molar-refractivity contribution in [2.75, 3.05) is 26.2 Å². The monoisotopic (exact) mass is 184 g/mol. The van der Waals surface area contributed by atoms with Crippen molar-refractivity contribution in [2.24, 2.45) is 0 Å². The maximum Gasteiger partial charge on any atom is 0.0558 e. The fourth-order valence-electron chi connectivity index (χ4n) is 2.75. The molecule has 0 amide bonds. The number of aliphatic hydroxyl groups excluding tert-OH is 1. The largest absolute Gasteiger partial charge is 0.395 e. The predicted octanol–water partition coefficient (Wildman–Crippen LogP) is 0.195. The Bertz CT molecular complexity index is 157. The van der Waals surface area contributed by atoms with Crippen molar-refractivity contribution >= 4 is 0 Å². The van der Waals surface area contributed by atoms with Crippen LogP contribution in [0.1, 0.15) is 25.7 Å². The summed E-state index contributed by atoms with van der Waals surface area (Å²) >= 11 is 0. The lowest BCUT2D eigenvalue weighted by atomic mass is 10.0. The molecule has 2 aliphatic rings. The van der Waals surface area contributed by atoms with Gasteiger partial charge < -0.3 is 10.4 Å². The molecule has 2 unspecified atom stereocenters. The third-order valence-electron chi connectivity index (χ3n) is 3.36. The van der Waals surface area contributed by atoms with Gasteiger partial charge in [0.05, 0.1) is 6.61 Å². The molecule has 2 N–H and O–H groups in total. The molecule has 0 spiro atoms. The van der Waals surface area contributed by atoms with Gasteiger partial charge in [-0.05, 0) is 38.8 Å². The van der Waals surface area contributed by atoms with Gasteiger partial charge in [-0.1, -0.05) is 0 Å². The molecule has 76 valence electrons. The summed E-state index contributed by atoms with van der Waals surface area (Å²) in [7, 11) is 0. The van der Waals surface area contributed by atoms with Crippen LogP contribution in [0.15, 0.2) is 0 Å². The number of aliphatic hydroxyl groups is 1. The Morgan fingerprint density at radius 1 is 1.31 bits per heavy atom. The topological polar surface area (TPSA) is 35.5 Å². The van der Waals surface area contributed by atoms with Crippen molar-refractivity contribution in [1.29, 1.82) is 0 Å². The van der Waals surface area contributed by atoms with Gasteiger partial charge in [-0.15, -0.1) is 0 Å². The van der Waals surface area contributed by atoms with Gasteiger partial charge in [-0.25, -0.2) is 0 Å². The quantitative estimate of drug-likeness (QED) is 0.657. The first-order valence-corrected chi connectivity index (χ1v) is 5.50. The van der Waals surface area contributed by atoms with Crippen LogP contribution in [0.4, 0.5) is 0 Å². The van der Waals surface area contributed by atoms with Crippen molar-refractivity contribution in [3.05, 3.63) is 0 Å². The zero-order valence-electron chi connectivity index (χ0n) is 8.21. The lowest BCUT2D eigenvalue weighted by molar-refractivity contribution is 0.165. The molecule has 0 saturated carbocycles. The summed E-state index contributed by atoms with van der Waals surface area (Å²) < 4.78 is 0. The highest BCUT2D eigenvalue weighted by Gasteiger charge is 2.32. The molecular weight excluding hydrogens is 164 g/mol. The Morgan fingerprint density at radius 3 is 2.92 bits per heavy atom. The van der Waals surface area contributed by atoms with Gasteiger partial charge in [0.1, 0.15) is 0 Å². The van der Waals surface area contributed by atoms with E-state index in [1.807, 2.05) is 0 Å². The molecule has 3 heteroatoms. The molecule has 2 atom stereocenters. The second-order valence-electron chi connectivity index (χ2n) is 4.17. The smallest absolute Gasteiger partial charge is 0.0558 e. The summed E-state index contributed by atoms with van der Waals surface area (Å²) in [6.45, 7) is 3.55. The molecule has 3 nitrogen and oxygen atoms in total. The Labute approximate surface area is 80.1 Å². The highest BCUT2D eigenvalue weighted by molar-refractivity contribution is 4.91. The van der Waals surface area contributed by atoms with E-state index in [4.69, 9.17) is 5.11 Å². The van der Waals surface area contributed by atoms with Crippen molar-refractivity contribution in [2.45, 2.75) is 37.8 Å². The molecule has 2 saturated heterocycles. The lowest BCUT2D eigenvalue weighted by Crippen LogP contribution is -2.44. The van der Waals surface area contributed by atoms with Crippen LogP contribution in [0.2, 0.25) is 0 Å². The van der Waals surface area contributed by atoms with Gasteiger partial charge in [0.15, 0.2) is 0 Å². The number of β-amino-alcohol motifs (C(OH)–C–C–N with tert-alkyl or cyclic N) is 1. The molecule has 0 bridgehead atoms. The third kappa shape index (κ3) is 2.03. The van der Waals surface area contributed by atoms with Crippen molar-refractivity contribution < 1.29 is 5.11 Å². The molecule has 2 rings (SSSR count). The summed E-state index contributed by atoms with van der Waals surface area (Å²) in [6, 6.07) is 1.41. The maximum absolute atomic E-state index is 8.93. The van der Waals surface area contributed by atoms with E-state index in [0.29, 0.717) is 18.7 Å². The van der Waals surface area contributed by atoms with E-state index in [1.165, 1.54) is 38.8 Å². The summed E-state index contributed by atoms with van der Waals surface area (Å²) in [5.74, 6) is 0. The van der Waals surface area contributed by atoms with Crippen LogP contribution in [0.3, 0.4) is 0 Å². The van der Waals surface area contributed by atoms with Crippen LogP contribution in [-0.4, -0.2) is 48.3 Å². The average Bonchev–Trinajstić information content (AvgIpc) is 2.71. The van der Waals surface area contributed by atoms with E-state index < -0.39 is 0 Å². The Kier molecular flexibility index (Phi) is 3.19. The minimum atomic E-state index is 0.309. The van der Waals surface area contributed by atoms with Crippen LogP contribution in [-0.2, 0) is 0 Å². The van der Waals surface area contributed by atoms with Crippen LogP contribution < -0.4 is 5.32 Å². The first-order valence-electron chi connectivity index (χ1n) is 5.50. The highest BCUT2D eigenvalue weighted by Crippen LogP contribution is 2.24. The van der Waals surface area contributed by atoms with Crippen LogP contribution in [0.25, 0.3) is 0 Å². The first-order chi connectivity index (χ1) is 6.42. The Balaban J connectivity index is 1.88. The molecule has 2 fully saturated rings. The fourth-order valence-corrected chi connectivity index (χ4v) is 2.75. The molecular formula is C10H20N2O. The summed E-state index contributed by atoms with van der Waals surface area (Å²) in [4.78, 5) is 2.45. The van der Waals surface area contributed by atoms with Gasteiger partial charge >= 0.3 is 0 Å². The molecule has 2 heterocycles. The zero-order valence-corrected chi connectivity index (χ0v) is 8.21. The van der Waals surface area contributed by atoms with E-state index in [9.17, 15) is 0 Å². The minimum absolute atomic E-state index is 0.309. The number of rotatable bonds is 3. The van der Waals surface area contributed by atoms with Crippen LogP contribution >= 0.6 is 0 Å². The zero-order chi connectivity index (χ0) is 9.10. The van der Waals surface area contributed by atoms with E-state index >= 15 is 0 Å². The predicted molar refractivity (Wildman–Crippen MR) is 52.7 cm³/mol. The van der Waals surface area contributed by atoms with E-state index in [1.54, 1.807) is 0 Å². The van der Waals surface area contributed by atoms with Crippen molar-refractivity contribution in [1.82, 2.24) is 10.2 Å². The lowest BCUT2D eigenvalue weighted by Gasteiger charge is -2.28. The van der Waals surface area contributed by atoms with Gasteiger partial charge in [-0.2, -0.15) is 0 Å². The first kappa shape index (κ1) is 9.44. The minimum Gasteiger partial charge on any atom is -0.395 e. The highest BCUT2D eigenvalue weighted by atomic mass is 16.3.